The van der Waals surface area contributed by atoms with Crippen LogP contribution in [-0.2, 0) is 13.1 Å². The van der Waals surface area contributed by atoms with E-state index >= 15 is 0 Å². The van der Waals surface area contributed by atoms with Gasteiger partial charge in [0.15, 0.2) is 11.5 Å². The normalized spacial score (nSPS) is 9.96. The van der Waals surface area contributed by atoms with Crippen molar-refractivity contribution in [2.45, 2.75) is 13.1 Å². The Hall–Kier alpha value is -1.76. The first-order chi connectivity index (χ1) is 11.0. The van der Waals surface area contributed by atoms with E-state index in [-0.39, 0.29) is 18.0 Å². The van der Waals surface area contributed by atoms with Crippen molar-refractivity contribution in [3.8, 4) is 11.5 Å². The zero-order valence-electron chi connectivity index (χ0n) is 13.3. The van der Waals surface area contributed by atoms with Crippen LogP contribution in [0.3, 0.4) is 0 Å². The number of carboxylic acid groups (broad SMARTS) is 1. The first-order valence-corrected chi connectivity index (χ1v) is 7.77. The molecule has 0 unspecified atom stereocenters. The molecule has 0 saturated carbocycles. The number of halogens is 2. The Kier molecular flexibility index (Phi) is 8.04. The fourth-order valence-corrected chi connectivity index (χ4v) is 2.84. The van der Waals surface area contributed by atoms with Crippen LogP contribution >= 0.6 is 28.3 Å². The fraction of sp³-hybridized carbons (Fsp3) is 0.235. The van der Waals surface area contributed by atoms with Crippen LogP contribution in [0.2, 0.25) is 0 Å². The molecular formula is C17H19BrClNO4. The molecule has 0 heterocycles. The molecule has 0 spiro atoms. The second-order valence-electron chi connectivity index (χ2n) is 4.92. The molecule has 0 amide bonds. The van der Waals surface area contributed by atoms with Gasteiger partial charge in [-0.2, -0.15) is 0 Å². The molecular weight excluding hydrogens is 398 g/mol. The first-order valence-electron chi connectivity index (χ1n) is 6.98. The molecule has 0 aromatic heterocycles. The van der Waals surface area contributed by atoms with Gasteiger partial charge in [0.2, 0.25) is 0 Å². The lowest BCUT2D eigenvalue weighted by molar-refractivity contribution is 0.0697. The molecule has 2 rings (SSSR count). The molecule has 0 aliphatic rings. The third-order valence-corrected chi connectivity index (χ3v) is 3.94. The molecule has 0 bridgehead atoms. The van der Waals surface area contributed by atoms with E-state index < -0.39 is 5.97 Å². The van der Waals surface area contributed by atoms with Crippen LogP contribution < -0.4 is 14.8 Å². The Bertz CT molecular complexity index is 692. The number of carbonyl (C=O) groups is 1. The van der Waals surface area contributed by atoms with Crippen molar-refractivity contribution in [2.75, 3.05) is 14.2 Å². The fourth-order valence-electron chi connectivity index (χ4n) is 2.19. The molecule has 2 aromatic carbocycles. The third kappa shape index (κ3) is 5.12. The molecule has 0 saturated heterocycles. The van der Waals surface area contributed by atoms with Gasteiger partial charge >= 0.3 is 5.97 Å². The van der Waals surface area contributed by atoms with Crippen LogP contribution in [0.15, 0.2) is 40.9 Å². The Morgan fingerprint density at radius 2 is 1.71 bits per heavy atom. The minimum Gasteiger partial charge on any atom is -0.493 e. The van der Waals surface area contributed by atoms with Crippen LogP contribution in [0, 0.1) is 0 Å². The van der Waals surface area contributed by atoms with E-state index in [0.717, 1.165) is 15.6 Å². The summed E-state index contributed by atoms with van der Waals surface area (Å²) in [7, 11) is 3.20. The zero-order chi connectivity index (χ0) is 16.8. The average molecular weight is 417 g/mol. The highest BCUT2D eigenvalue weighted by Crippen LogP contribution is 2.36. The van der Waals surface area contributed by atoms with Crippen molar-refractivity contribution in [3.63, 3.8) is 0 Å². The summed E-state index contributed by atoms with van der Waals surface area (Å²) in [5, 5.41) is 12.2. The van der Waals surface area contributed by atoms with Gasteiger partial charge in [0.05, 0.1) is 24.3 Å². The van der Waals surface area contributed by atoms with Gasteiger partial charge < -0.3 is 19.9 Å². The summed E-state index contributed by atoms with van der Waals surface area (Å²) in [5.74, 6) is 0.421. The van der Waals surface area contributed by atoms with Gasteiger partial charge in [-0.25, -0.2) is 4.79 Å². The van der Waals surface area contributed by atoms with Crippen molar-refractivity contribution < 1.29 is 19.4 Å². The largest absolute Gasteiger partial charge is 0.493 e. The number of hydrogen-bond donors (Lipinski definition) is 2. The maximum Gasteiger partial charge on any atom is 0.335 e. The van der Waals surface area contributed by atoms with Crippen molar-refractivity contribution in [1.29, 1.82) is 0 Å². The lowest BCUT2D eigenvalue weighted by Crippen LogP contribution is -2.13. The van der Waals surface area contributed by atoms with Crippen LogP contribution in [0.25, 0.3) is 0 Å². The Labute approximate surface area is 155 Å². The maximum absolute atomic E-state index is 10.8. The van der Waals surface area contributed by atoms with Crippen LogP contribution in [0.5, 0.6) is 11.5 Å². The number of rotatable bonds is 7. The maximum atomic E-state index is 10.8. The zero-order valence-corrected chi connectivity index (χ0v) is 15.7. The highest BCUT2D eigenvalue weighted by molar-refractivity contribution is 9.10. The third-order valence-electron chi connectivity index (χ3n) is 3.35. The van der Waals surface area contributed by atoms with Gasteiger partial charge in [-0.15, -0.1) is 12.4 Å². The second-order valence-corrected chi connectivity index (χ2v) is 5.77. The monoisotopic (exact) mass is 415 g/mol. The lowest BCUT2D eigenvalue weighted by atomic mass is 10.1. The van der Waals surface area contributed by atoms with E-state index in [4.69, 9.17) is 14.6 Å². The molecule has 0 fully saturated rings. The summed E-state index contributed by atoms with van der Waals surface area (Å²) in [6.45, 7) is 1.30. The van der Waals surface area contributed by atoms with E-state index in [1.54, 1.807) is 38.5 Å². The van der Waals surface area contributed by atoms with Crippen molar-refractivity contribution >= 4 is 34.3 Å². The summed E-state index contributed by atoms with van der Waals surface area (Å²) in [5.41, 5.74) is 2.36. The minimum absolute atomic E-state index is 0. The number of aromatic carboxylic acids is 1. The number of benzene rings is 2. The Morgan fingerprint density at radius 3 is 2.25 bits per heavy atom. The smallest absolute Gasteiger partial charge is 0.335 e. The SMILES string of the molecule is COc1cc(CNCc2ccc(C(=O)O)cc2)cc(Br)c1OC.Cl. The summed E-state index contributed by atoms with van der Waals surface area (Å²) in [4.78, 5) is 10.8. The second kappa shape index (κ2) is 9.52. The average Bonchev–Trinajstić information content (AvgIpc) is 2.54. The summed E-state index contributed by atoms with van der Waals surface area (Å²) in [6.07, 6.45) is 0. The standard InChI is InChI=1S/C17H18BrNO4.ClH/c1-22-15-8-12(7-14(18)16(15)23-2)10-19-9-11-3-5-13(6-4-11)17(20)21;/h3-8,19H,9-10H2,1-2H3,(H,20,21);1H. The van der Waals surface area contributed by atoms with E-state index in [1.165, 1.54) is 0 Å². The summed E-state index contributed by atoms with van der Waals surface area (Å²) < 4.78 is 11.4. The highest BCUT2D eigenvalue weighted by atomic mass is 79.9. The topological polar surface area (TPSA) is 67.8 Å². The van der Waals surface area contributed by atoms with E-state index in [1.807, 2.05) is 12.1 Å². The Morgan fingerprint density at radius 1 is 1.08 bits per heavy atom. The van der Waals surface area contributed by atoms with Gasteiger partial charge in [-0.1, -0.05) is 12.1 Å². The Balaban J connectivity index is 0.00000288. The minimum atomic E-state index is -0.917. The van der Waals surface area contributed by atoms with E-state index in [0.29, 0.717) is 24.6 Å². The first kappa shape index (κ1) is 20.3. The molecule has 0 atom stereocenters. The van der Waals surface area contributed by atoms with Crippen LogP contribution in [0.4, 0.5) is 0 Å². The molecule has 130 valence electrons. The number of hydrogen-bond acceptors (Lipinski definition) is 4. The number of carboxylic acids is 1. The predicted octanol–water partition coefficient (Wildman–Crippen LogP) is 3.88. The van der Waals surface area contributed by atoms with Crippen LogP contribution in [0.1, 0.15) is 21.5 Å². The van der Waals surface area contributed by atoms with Gasteiger partial charge in [0.1, 0.15) is 0 Å². The molecule has 24 heavy (non-hydrogen) atoms. The van der Waals surface area contributed by atoms with Crippen molar-refractivity contribution in [2.24, 2.45) is 0 Å². The van der Waals surface area contributed by atoms with E-state index in [9.17, 15) is 4.79 Å². The van der Waals surface area contributed by atoms with Gasteiger partial charge in [-0.05, 0) is 51.3 Å². The predicted molar refractivity (Wildman–Crippen MR) is 98.4 cm³/mol. The highest BCUT2D eigenvalue weighted by Gasteiger charge is 2.10. The van der Waals surface area contributed by atoms with Crippen LogP contribution in [-0.4, -0.2) is 25.3 Å². The van der Waals surface area contributed by atoms with E-state index in [2.05, 4.69) is 21.2 Å². The van der Waals surface area contributed by atoms with Gasteiger partial charge in [0, 0.05) is 13.1 Å². The van der Waals surface area contributed by atoms with Crippen molar-refractivity contribution in [1.82, 2.24) is 5.32 Å². The molecule has 7 heteroatoms. The quantitative estimate of drug-likeness (QED) is 0.717. The van der Waals surface area contributed by atoms with Gasteiger partial charge in [0.25, 0.3) is 0 Å². The lowest BCUT2D eigenvalue weighted by Gasteiger charge is -2.12. The molecule has 5 nitrogen and oxygen atoms in total. The molecule has 0 radical (unpaired) electrons. The number of ether oxygens (including phenoxy) is 2. The summed E-state index contributed by atoms with van der Waals surface area (Å²) >= 11 is 3.47. The van der Waals surface area contributed by atoms with Gasteiger partial charge in [-0.3, -0.25) is 0 Å². The molecule has 2 N–H and O–H groups in total. The molecule has 0 aliphatic carbocycles. The molecule has 2 aromatic rings. The van der Waals surface area contributed by atoms with Crippen molar-refractivity contribution in [3.05, 3.63) is 57.6 Å². The summed E-state index contributed by atoms with van der Waals surface area (Å²) in [6, 6.07) is 10.7. The molecule has 0 aliphatic heterocycles. The number of nitrogens with one attached hydrogen (secondary N) is 1. The number of methoxy groups -OCH3 is 2.